The van der Waals surface area contributed by atoms with Crippen LogP contribution in [0.5, 0.6) is 0 Å². The van der Waals surface area contributed by atoms with Crippen molar-refractivity contribution in [2.45, 2.75) is 0 Å². The Morgan fingerprint density at radius 1 is 0.840 bits per heavy atom. The van der Waals surface area contributed by atoms with Crippen molar-refractivity contribution < 1.29 is 18.0 Å². The lowest BCUT2D eigenvalue weighted by molar-refractivity contribution is 0.102. The van der Waals surface area contributed by atoms with Gasteiger partial charge in [0.1, 0.15) is 17.5 Å². The average Bonchev–Trinajstić information content (AvgIpc) is 2.59. The van der Waals surface area contributed by atoms with E-state index in [2.05, 4.69) is 20.8 Å². The van der Waals surface area contributed by atoms with Crippen molar-refractivity contribution in [3.63, 3.8) is 0 Å². The number of carbonyl (C=O) groups excluding carboxylic acids is 1. The Morgan fingerprint density at radius 3 is 2.24 bits per heavy atom. The van der Waals surface area contributed by atoms with E-state index >= 15 is 0 Å². The topological polar surface area (TPSA) is 66.9 Å². The second-order valence-corrected chi connectivity index (χ2v) is 5.02. The van der Waals surface area contributed by atoms with E-state index in [1.165, 1.54) is 36.4 Å². The number of nitrogens with one attached hydrogen (secondary N) is 2. The van der Waals surface area contributed by atoms with Crippen LogP contribution in [-0.2, 0) is 0 Å². The number of aromatic nitrogens is 2. The number of benzene rings is 2. The molecule has 0 bridgehead atoms. The second kappa shape index (κ2) is 7.00. The monoisotopic (exact) mass is 344 g/mol. The fourth-order valence-corrected chi connectivity index (χ4v) is 2.01. The zero-order valence-electron chi connectivity index (χ0n) is 12.6. The highest BCUT2D eigenvalue weighted by Crippen LogP contribution is 2.19. The lowest BCUT2D eigenvalue weighted by Gasteiger charge is -2.07. The summed E-state index contributed by atoms with van der Waals surface area (Å²) in [6, 6.07) is 11.2. The van der Waals surface area contributed by atoms with Gasteiger partial charge in [-0.05, 0) is 42.5 Å². The highest BCUT2D eigenvalue weighted by Gasteiger charge is 2.09. The van der Waals surface area contributed by atoms with Crippen LogP contribution in [0.25, 0.3) is 0 Å². The molecule has 0 fully saturated rings. The first-order valence-corrected chi connectivity index (χ1v) is 7.14. The van der Waals surface area contributed by atoms with Crippen LogP contribution in [0.2, 0.25) is 0 Å². The average molecular weight is 344 g/mol. The number of hydrogen-bond acceptors (Lipinski definition) is 4. The molecule has 3 rings (SSSR count). The Bertz CT molecular complexity index is 916. The lowest BCUT2D eigenvalue weighted by atomic mass is 10.2. The molecule has 0 atom stereocenters. The maximum Gasteiger partial charge on any atom is 0.256 e. The van der Waals surface area contributed by atoms with Gasteiger partial charge in [0.25, 0.3) is 5.91 Å². The molecule has 1 amide bonds. The summed E-state index contributed by atoms with van der Waals surface area (Å²) in [5.74, 6) is -2.19. The van der Waals surface area contributed by atoms with Gasteiger partial charge in [0.05, 0.1) is 5.69 Å². The predicted molar refractivity (Wildman–Crippen MR) is 86.0 cm³/mol. The van der Waals surface area contributed by atoms with Gasteiger partial charge in [0, 0.05) is 11.6 Å². The van der Waals surface area contributed by atoms with Crippen LogP contribution in [0.3, 0.4) is 0 Å². The molecule has 2 N–H and O–H groups in total. The van der Waals surface area contributed by atoms with Crippen LogP contribution in [0.15, 0.2) is 54.6 Å². The van der Waals surface area contributed by atoms with E-state index in [1.54, 1.807) is 0 Å². The molecule has 1 heterocycles. The summed E-state index contributed by atoms with van der Waals surface area (Å²) >= 11 is 0. The first-order valence-electron chi connectivity index (χ1n) is 7.14. The zero-order chi connectivity index (χ0) is 17.8. The molecule has 1 aromatic heterocycles. The van der Waals surface area contributed by atoms with Gasteiger partial charge in [0.2, 0.25) is 0 Å². The van der Waals surface area contributed by atoms with Gasteiger partial charge in [-0.3, -0.25) is 4.79 Å². The van der Waals surface area contributed by atoms with E-state index in [0.29, 0.717) is 0 Å². The highest BCUT2D eigenvalue weighted by atomic mass is 19.1. The predicted octanol–water partition coefficient (Wildman–Crippen LogP) is 3.89. The molecule has 0 saturated heterocycles. The Hall–Kier alpha value is -3.42. The van der Waals surface area contributed by atoms with Gasteiger partial charge < -0.3 is 10.6 Å². The molecule has 3 aromatic rings. The summed E-state index contributed by atoms with van der Waals surface area (Å²) in [5.41, 5.74) is 0.171. The molecule has 126 valence electrons. The third-order valence-electron chi connectivity index (χ3n) is 3.19. The van der Waals surface area contributed by atoms with Crippen LogP contribution in [0.1, 0.15) is 10.4 Å². The summed E-state index contributed by atoms with van der Waals surface area (Å²) in [6.07, 6.45) is 0. The number of carbonyl (C=O) groups is 1. The number of halogens is 3. The van der Waals surface area contributed by atoms with Crippen LogP contribution >= 0.6 is 0 Å². The standard InChI is InChI=1S/C17H11F3N4O/c18-11-3-1-2-10(8-11)17(25)22-16-7-6-15(23-24-16)21-14-5-4-12(19)9-13(14)20/h1-9H,(H,21,23)(H,22,24,25). The Balaban J connectivity index is 1.69. The van der Waals surface area contributed by atoms with E-state index < -0.39 is 23.4 Å². The Kier molecular flexibility index (Phi) is 4.60. The van der Waals surface area contributed by atoms with Crippen molar-refractivity contribution in [3.8, 4) is 0 Å². The molecule has 0 aliphatic rings. The maximum absolute atomic E-state index is 13.6. The number of rotatable bonds is 4. The first kappa shape index (κ1) is 16.4. The smallest absolute Gasteiger partial charge is 0.256 e. The number of nitrogens with zero attached hydrogens (tertiary/aromatic N) is 2. The first-order chi connectivity index (χ1) is 12.0. The Labute approximate surface area is 140 Å². The largest absolute Gasteiger partial charge is 0.336 e. The molecule has 0 spiro atoms. The van der Waals surface area contributed by atoms with Crippen molar-refractivity contribution >= 4 is 23.2 Å². The van der Waals surface area contributed by atoms with Crippen molar-refractivity contribution in [2.75, 3.05) is 10.6 Å². The normalized spacial score (nSPS) is 10.4. The van der Waals surface area contributed by atoms with Gasteiger partial charge in [-0.15, -0.1) is 10.2 Å². The van der Waals surface area contributed by atoms with Gasteiger partial charge in [-0.25, -0.2) is 13.2 Å². The van der Waals surface area contributed by atoms with Gasteiger partial charge >= 0.3 is 0 Å². The molecule has 2 aromatic carbocycles. The van der Waals surface area contributed by atoms with E-state index in [4.69, 9.17) is 0 Å². The van der Waals surface area contributed by atoms with Gasteiger partial charge in [0.15, 0.2) is 11.6 Å². The molecule has 5 nitrogen and oxygen atoms in total. The molecule has 0 aliphatic heterocycles. The quantitative estimate of drug-likeness (QED) is 0.753. The molecule has 0 saturated carbocycles. The number of anilines is 3. The summed E-state index contributed by atoms with van der Waals surface area (Å²) in [7, 11) is 0. The van der Waals surface area contributed by atoms with Crippen LogP contribution in [0.4, 0.5) is 30.5 Å². The van der Waals surface area contributed by atoms with Crippen molar-refractivity contribution in [1.29, 1.82) is 0 Å². The Morgan fingerprint density at radius 2 is 1.56 bits per heavy atom. The van der Waals surface area contributed by atoms with Gasteiger partial charge in [-0.2, -0.15) is 0 Å². The molecule has 0 aliphatic carbocycles. The van der Waals surface area contributed by atoms with E-state index in [-0.39, 0.29) is 22.9 Å². The molecule has 8 heteroatoms. The summed E-state index contributed by atoms with van der Waals surface area (Å²) in [4.78, 5) is 12.0. The van der Waals surface area contributed by atoms with Crippen LogP contribution in [-0.4, -0.2) is 16.1 Å². The van der Waals surface area contributed by atoms with Gasteiger partial charge in [-0.1, -0.05) is 6.07 Å². The molecule has 25 heavy (non-hydrogen) atoms. The fraction of sp³-hybridized carbons (Fsp3) is 0. The van der Waals surface area contributed by atoms with E-state index in [1.807, 2.05) is 0 Å². The third kappa shape index (κ3) is 4.11. The van der Waals surface area contributed by atoms with Crippen LogP contribution < -0.4 is 10.6 Å². The van der Waals surface area contributed by atoms with Crippen molar-refractivity contribution in [1.82, 2.24) is 10.2 Å². The number of hydrogen-bond donors (Lipinski definition) is 2. The van der Waals surface area contributed by atoms with E-state index in [0.717, 1.165) is 18.2 Å². The second-order valence-electron chi connectivity index (χ2n) is 5.02. The third-order valence-corrected chi connectivity index (χ3v) is 3.19. The minimum absolute atomic E-state index is 0.0345. The molecular formula is C17H11F3N4O. The summed E-state index contributed by atoms with van der Waals surface area (Å²) in [6.45, 7) is 0. The van der Waals surface area contributed by atoms with E-state index in [9.17, 15) is 18.0 Å². The van der Waals surface area contributed by atoms with Crippen LogP contribution in [0, 0.1) is 17.5 Å². The number of amides is 1. The fourth-order valence-electron chi connectivity index (χ4n) is 2.01. The zero-order valence-corrected chi connectivity index (χ0v) is 12.6. The minimum Gasteiger partial charge on any atom is -0.336 e. The molecule has 0 radical (unpaired) electrons. The summed E-state index contributed by atoms with van der Waals surface area (Å²) in [5, 5.41) is 12.7. The molecule has 0 unspecified atom stereocenters. The minimum atomic E-state index is -0.773. The lowest BCUT2D eigenvalue weighted by Crippen LogP contribution is -2.13. The molecular weight excluding hydrogens is 333 g/mol. The maximum atomic E-state index is 13.6. The highest BCUT2D eigenvalue weighted by molar-refractivity contribution is 6.03. The van der Waals surface area contributed by atoms with Crippen molar-refractivity contribution in [3.05, 3.63) is 77.6 Å². The van der Waals surface area contributed by atoms with Crippen molar-refractivity contribution in [2.24, 2.45) is 0 Å². The summed E-state index contributed by atoms with van der Waals surface area (Å²) < 4.78 is 39.5. The SMILES string of the molecule is O=C(Nc1ccc(Nc2ccc(F)cc2F)nn1)c1cccc(F)c1.